The zero-order valence-corrected chi connectivity index (χ0v) is 15.3. The van der Waals surface area contributed by atoms with Gasteiger partial charge in [0.15, 0.2) is 0 Å². The third-order valence-corrected chi connectivity index (χ3v) is 4.88. The number of methoxy groups -OCH3 is 1. The summed E-state index contributed by atoms with van der Waals surface area (Å²) in [4.78, 5) is 0. The van der Waals surface area contributed by atoms with Gasteiger partial charge in [-0.3, -0.25) is 0 Å². The van der Waals surface area contributed by atoms with Crippen LogP contribution in [0.5, 0.6) is 5.75 Å². The zero-order valence-electron chi connectivity index (χ0n) is 12.0. The third-order valence-electron chi connectivity index (χ3n) is 3.05. The average molecular weight is 428 g/mol. The molecule has 0 aliphatic rings. The minimum absolute atomic E-state index is 0.297. The summed E-state index contributed by atoms with van der Waals surface area (Å²) < 4.78 is 22.4. The van der Waals surface area contributed by atoms with E-state index < -0.39 is 13.5 Å². The van der Waals surface area contributed by atoms with Crippen LogP contribution in [0.1, 0.15) is 11.1 Å². The molecule has 2 nitrogen and oxygen atoms in total. The molecule has 0 N–H and O–H groups in total. The Balaban J connectivity index is 2.42. The first-order valence-corrected chi connectivity index (χ1v) is 11.8. The van der Waals surface area contributed by atoms with Crippen LogP contribution >= 0.6 is 19.4 Å². The molecule has 0 saturated heterocycles. The van der Waals surface area contributed by atoms with Gasteiger partial charge in [0.2, 0.25) is 0 Å². The summed E-state index contributed by atoms with van der Waals surface area (Å²) in [5, 5.41) is 0. The second-order valence-corrected chi connectivity index (χ2v) is 10.2. The van der Waals surface area contributed by atoms with E-state index in [-0.39, 0.29) is 5.82 Å². The minimum atomic E-state index is -1.97. The molecule has 22 heavy (non-hydrogen) atoms. The van der Waals surface area contributed by atoms with Gasteiger partial charge < -0.3 is 0 Å². The van der Waals surface area contributed by atoms with Crippen molar-refractivity contribution in [2.24, 2.45) is 0 Å². The van der Waals surface area contributed by atoms with E-state index in [2.05, 4.69) is 0 Å². The molecule has 2 aromatic carbocycles. The van der Waals surface area contributed by atoms with Crippen molar-refractivity contribution >= 4 is 35.9 Å². The Morgan fingerprint density at radius 1 is 1.09 bits per heavy atom. The molecule has 0 heterocycles. The maximum atomic E-state index is 13.5. The normalized spacial score (nSPS) is 12.0. The molecule has 0 atom stereocenters. The van der Waals surface area contributed by atoms with Gasteiger partial charge >= 0.3 is 142 Å². The van der Waals surface area contributed by atoms with Gasteiger partial charge in [-0.1, -0.05) is 0 Å². The molecule has 0 bridgehead atoms. The van der Waals surface area contributed by atoms with E-state index >= 15 is 0 Å². The molecule has 0 unspecified atom stereocenters. The topological polar surface area (TPSA) is 12.2 Å². The van der Waals surface area contributed by atoms with Gasteiger partial charge in [-0.05, 0) is 0 Å². The number of hydrogen-bond donors (Lipinski definition) is 0. The molecule has 0 aliphatic heterocycles. The van der Waals surface area contributed by atoms with Crippen molar-refractivity contribution in [3.05, 3.63) is 59.4 Å². The van der Waals surface area contributed by atoms with Crippen LogP contribution in [0.4, 0.5) is 10.1 Å². The van der Waals surface area contributed by atoms with Gasteiger partial charge in [-0.15, -0.1) is 0 Å². The summed E-state index contributed by atoms with van der Waals surface area (Å²) in [6.07, 6.45) is 1.85. The summed E-state index contributed by atoms with van der Waals surface area (Å²) in [7, 11) is 15.4. The second kappa shape index (κ2) is 7.96. The van der Waals surface area contributed by atoms with E-state index in [1.54, 1.807) is 17.8 Å². The number of benzene rings is 2. The van der Waals surface area contributed by atoms with Gasteiger partial charge in [0.05, 0.1) is 0 Å². The predicted molar refractivity (Wildman–Crippen MR) is 87.3 cm³/mol. The Labute approximate surface area is 142 Å². The maximum absolute atomic E-state index is 13.5. The molecule has 2 rings (SSSR count). The zero-order chi connectivity index (χ0) is 16.1. The van der Waals surface area contributed by atoms with Crippen LogP contribution in [0.25, 0.3) is 0 Å². The third kappa shape index (κ3) is 4.71. The van der Waals surface area contributed by atoms with Gasteiger partial charge in [0.25, 0.3) is 0 Å². The molecule has 0 spiro atoms. The van der Waals surface area contributed by atoms with Gasteiger partial charge in [-0.25, -0.2) is 0 Å². The molecule has 0 amide bonds. The Hall–Kier alpha value is -1.09. The number of rotatable bonds is 4. The van der Waals surface area contributed by atoms with Crippen LogP contribution in [0.3, 0.4) is 0 Å². The molecule has 0 radical (unpaired) electrons. The first-order valence-electron chi connectivity index (χ1n) is 6.34. The van der Waals surface area contributed by atoms with Crippen molar-refractivity contribution in [1.82, 2.24) is 0 Å². The van der Waals surface area contributed by atoms with Crippen molar-refractivity contribution in [2.75, 3.05) is 14.2 Å². The van der Waals surface area contributed by atoms with Crippen LogP contribution in [0.2, 0.25) is 0 Å². The van der Waals surface area contributed by atoms with Gasteiger partial charge in [-0.2, -0.15) is 0 Å². The molecule has 0 fully saturated rings. The van der Waals surface area contributed by atoms with Crippen molar-refractivity contribution < 1.29 is 27.2 Å². The molecule has 0 aliphatic carbocycles. The summed E-state index contributed by atoms with van der Waals surface area (Å²) in [5.74, 6) is 0.490. The van der Waals surface area contributed by atoms with E-state index in [1.165, 1.54) is 12.1 Å². The van der Waals surface area contributed by atoms with E-state index in [0.717, 1.165) is 22.6 Å². The number of ether oxygens (including phenoxy) is 1. The van der Waals surface area contributed by atoms with Gasteiger partial charge in [0, 0.05) is 0 Å². The van der Waals surface area contributed by atoms with Crippen LogP contribution in [0, 0.1) is 5.82 Å². The SMILES string of the molecule is COc1ccc([N+](C)=Cc2cc(F)ccc2[CH]=[Ru]([Cl])[Cl])cc1. The standard InChI is InChI=1S/C16H15FNO.2ClH.Ru/c1-12-4-5-14(17)10-13(12)11-18(2)15-6-8-16(19-3)9-7-15;;;/h1,4-11H,2-3H3;2*1H;/q+1;;;+2/p-2. The van der Waals surface area contributed by atoms with E-state index in [1.807, 2.05) is 42.1 Å². The molecule has 118 valence electrons. The molecule has 0 saturated carbocycles. The average Bonchev–Trinajstić information content (AvgIpc) is 2.49. The van der Waals surface area contributed by atoms with E-state index in [4.69, 9.17) is 24.1 Å². The van der Waals surface area contributed by atoms with Crippen LogP contribution < -0.4 is 4.74 Å². The van der Waals surface area contributed by atoms with Crippen molar-refractivity contribution in [3.8, 4) is 5.75 Å². The first-order chi connectivity index (χ1) is 10.5. The van der Waals surface area contributed by atoms with Crippen LogP contribution in [0.15, 0.2) is 42.5 Å². The quantitative estimate of drug-likeness (QED) is 0.402. The summed E-state index contributed by atoms with van der Waals surface area (Å²) >= 11 is -1.97. The summed E-state index contributed by atoms with van der Waals surface area (Å²) in [6, 6.07) is 12.2. The van der Waals surface area contributed by atoms with Crippen LogP contribution in [-0.4, -0.2) is 29.6 Å². The Morgan fingerprint density at radius 3 is 2.36 bits per heavy atom. The number of hydrogen-bond acceptors (Lipinski definition) is 1. The Morgan fingerprint density at radius 2 is 1.77 bits per heavy atom. The second-order valence-electron chi connectivity index (χ2n) is 4.52. The fourth-order valence-electron chi connectivity index (χ4n) is 1.93. The van der Waals surface area contributed by atoms with Crippen LogP contribution in [-0.2, 0) is 13.5 Å². The predicted octanol–water partition coefficient (Wildman–Crippen LogP) is 4.30. The van der Waals surface area contributed by atoms with Crippen molar-refractivity contribution in [1.29, 1.82) is 0 Å². The molecule has 6 heteroatoms. The molecule has 2 aromatic rings. The molecule has 0 aromatic heterocycles. The van der Waals surface area contributed by atoms with Crippen molar-refractivity contribution in [2.45, 2.75) is 0 Å². The number of halogens is 3. The molecular weight excluding hydrogens is 413 g/mol. The Bertz CT molecular complexity index is 725. The van der Waals surface area contributed by atoms with E-state index in [0.29, 0.717) is 0 Å². The Kier molecular flexibility index (Phi) is 6.25. The monoisotopic (exact) mass is 428 g/mol. The van der Waals surface area contributed by atoms with E-state index in [9.17, 15) is 4.39 Å². The number of nitrogens with zero attached hydrogens (tertiary/aromatic N) is 1. The summed E-state index contributed by atoms with van der Waals surface area (Å²) in [5.41, 5.74) is 2.53. The van der Waals surface area contributed by atoms with Gasteiger partial charge in [0.1, 0.15) is 0 Å². The van der Waals surface area contributed by atoms with Crippen molar-refractivity contribution in [3.63, 3.8) is 0 Å². The summed E-state index contributed by atoms with van der Waals surface area (Å²) in [6.45, 7) is 0. The fourth-order valence-corrected chi connectivity index (χ4v) is 3.78. The molecular formula is C16H15Cl2FNORu+. The first kappa shape index (κ1) is 17.3. The fraction of sp³-hybridized carbons (Fsp3) is 0.125.